The van der Waals surface area contributed by atoms with E-state index in [4.69, 9.17) is 5.11 Å². The molecule has 0 amide bonds. The van der Waals surface area contributed by atoms with Crippen molar-refractivity contribution < 1.29 is 18.7 Å². The summed E-state index contributed by atoms with van der Waals surface area (Å²) in [5.74, 6) is -3.94. The van der Waals surface area contributed by atoms with Crippen molar-refractivity contribution in [2.75, 3.05) is 0 Å². The number of carbonyl (C=O) groups is 1. The van der Waals surface area contributed by atoms with Crippen molar-refractivity contribution in [1.82, 2.24) is 0 Å². The third kappa shape index (κ3) is 2.66. The topological polar surface area (TPSA) is 37.3 Å². The number of alkyl halides is 2. The van der Waals surface area contributed by atoms with Gasteiger partial charge in [-0.25, -0.2) is 8.78 Å². The molecule has 14 heavy (non-hydrogen) atoms. The normalized spacial score (nSPS) is 21.9. The first-order valence-electron chi connectivity index (χ1n) is 4.97. The Morgan fingerprint density at radius 2 is 1.86 bits per heavy atom. The van der Waals surface area contributed by atoms with Gasteiger partial charge in [0.2, 0.25) is 5.92 Å². The zero-order valence-electron chi connectivity index (χ0n) is 8.35. The zero-order chi connectivity index (χ0) is 10.8. The van der Waals surface area contributed by atoms with Gasteiger partial charge < -0.3 is 5.11 Å². The minimum Gasteiger partial charge on any atom is -0.481 e. The molecule has 0 aromatic rings. The number of carboxylic acid groups (broad SMARTS) is 1. The molecule has 0 aliphatic heterocycles. The molecule has 0 unspecified atom stereocenters. The minimum absolute atomic E-state index is 0.395. The Morgan fingerprint density at radius 3 is 2.21 bits per heavy atom. The Hall–Kier alpha value is -0.670. The van der Waals surface area contributed by atoms with Crippen LogP contribution in [-0.2, 0) is 4.79 Å². The molecule has 0 spiro atoms. The van der Waals surface area contributed by atoms with Crippen LogP contribution in [0.25, 0.3) is 0 Å². The summed E-state index contributed by atoms with van der Waals surface area (Å²) in [6.07, 6.45) is 2.74. The van der Waals surface area contributed by atoms with E-state index in [9.17, 15) is 13.6 Å². The molecule has 1 fully saturated rings. The van der Waals surface area contributed by atoms with Crippen molar-refractivity contribution in [2.45, 2.75) is 51.4 Å². The van der Waals surface area contributed by atoms with E-state index in [1.165, 1.54) is 0 Å². The molecule has 1 N–H and O–H groups in total. The maximum absolute atomic E-state index is 12.8. The lowest BCUT2D eigenvalue weighted by atomic mass is 9.70. The van der Waals surface area contributed by atoms with Gasteiger partial charge in [0.1, 0.15) is 0 Å². The number of rotatable bonds is 3. The first-order valence-corrected chi connectivity index (χ1v) is 4.97. The van der Waals surface area contributed by atoms with E-state index in [0.29, 0.717) is 12.8 Å². The molecule has 0 atom stereocenters. The second-order valence-electron chi connectivity index (χ2n) is 4.39. The zero-order valence-corrected chi connectivity index (χ0v) is 8.35. The lowest BCUT2D eigenvalue weighted by molar-refractivity contribution is -0.157. The van der Waals surface area contributed by atoms with Crippen LogP contribution in [0.15, 0.2) is 0 Å². The van der Waals surface area contributed by atoms with Crippen LogP contribution >= 0.6 is 0 Å². The summed E-state index contributed by atoms with van der Waals surface area (Å²) < 4.78 is 25.7. The van der Waals surface area contributed by atoms with Crippen molar-refractivity contribution in [3.05, 3.63) is 0 Å². The van der Waals surface area contributed by atoms with E-state index in [2.05, 4.69) is 0 Å². The molecule has 0 radical (unpaired) electrons. The number of carboxylic acids is 1. The maximum atomic E-state index is 12.8. The molecule has 0 aromatic heterocycles. The summed E-state index contributed by atoms with van der Waals surface area (Å²) in [5.41, 5.74) is -1.17. The predicted molar refractivity (Wildman–Crippen MR) is 48.4 cm³/mol. The number of halogens is 2. The fraction of sp³-hybridized carbons (Fsp3) is 0.900. The number of aliphatic carboxylic acids is 1. The molecule has 4 heteroatoms. The van der Waals surface area contributed by atoms with E-state index in [1.54, 1.807) is 0 Å². The highest BCUT2D eigenvalue weighted by atomic mass is 19.3. The Bertz CT molecular complexity index is 215. The summed E-state index contributed by atoms with van der Waals surface area (Å²) in [6.45, 7) is 0.798. The molecule has 82 valence electrons. The fourth-order valence-corrected chi connectivity index (χ4v) is 2.29. The number of hydrogen-bond donors (Lipinski definition) is 1. The molecular weight excluding hydrogens is 190 g/mol. The van der Waals surface area contributed by atoms with Gasteiger partial charge in [-0.2, -0.15) is 0 Å². The third-order valence-electron chi connectivity index (χ3n) is 2.91. The second kappa shape index (κ2) is 3.83. The summed E-state index contributed by atoms with van der Waals surface area (Å²) in [5, 5.41) is 9.02. The van der Waals surface area contributed by atoms with Gasteiger partial charge in [-0.3, -0.25) is 4.79 Å². The van der Waals surface area contributed by atoms with Gasteiger partial charge in [0.05, 0.1) is 5.41 Å². The quantitative estimate of drug-likeness (QED) is 0.770. The Balaban J connectivity index is 2.76. The molecule has 1 saturated carbocycles. The van der Waals surface area contributed by atoms with E-state index in [0.717, 1.165) is 26.2 Å². The molecule has 2 nitrogen and oxygen atoms in total. The van der Waals surface area contributed by atoms with Crippen LogP contribution in [0.4, 0.5) is 8.78 Å². The van der Waals surface area contributed by atoms with Gasteiger partial charge in [-0.1, -0.05) is 19.3 Å². The monoisotopic (exact) mass is 206 g/mol. The SMILES string of the molecule is CC(F)(F)CC1(C(=O)O)CCCCC1. The van der Waals surface area contributed by atoms with Crippen LogP contribution in [0.2, 0.25) is 0 Å². The largest absolute Gasteiger partial charge is 0.481 e. The molecule has 1 aliphatic rings. The van der Waals surface area contributed by atoms with Gasteiger partial charge in [0.15, 0.2) is 0 Å². The summed E-state index contributed by atoms with van der Waals surface area (Å²) in [7, 11) is 0. The first kappa shape index (κ1) is 11.4. The van der Waals surface area contributed by atoms with Crippen LogP contribution in [0.3, 0.4) is 0 Å². The fourth-order valence-electron chi connectivity index (χ4n) is 2.29. The van der Waals surface area contributed by atoms with Gasteiger partial charge in [0.25, 0.3) is 0 Å². The summed E-state index contributed by atoms with van der Waals surface area (Å²) >= 11 is 0. The van der Waals surface area contributed by atoms with Crippen molar-refractivity contribution in [2.24, 2.45) is 5.41 Å². The Labute approximate surface area is 82.3 Å². The van der Waals surface area contributed by atoms with Gasteiger partial charge in [-0.05, 0) is 19.8 Å². The Kier molecular flexibility index (Phi) is 3.12. The highest BCUT2D eigenvalue weighted by molar-refractivity contribution is 5.74. The summed E-state index contributed by atoms with van der Waals surface area (Å²) in [6, 6.07) is 0. The van der Waals surface area contributed by atoms with Gasteiger partial charge in [-0.15, -0.1) is 0 Å². The number of hydrogen-bond acceptors (Lipinski definition) is 1. The van der Waals surface area contributed by atoms with Gasteiger partial charge in [0, 0.05) is 6.42 Å². The molecular formula is C10H16F2O2. The second-order valence-corrected chi connectivity index (χ2v) is 4.39. The lowest BCUT2D eigenvalue weighted by Crippen LogP contribution is -2.38. The molecule has 1 aliphatic carbocycles. The van der Waals surface area contributed by atoms with Crippen LogP contribution in [0, 0.1) is 5.41 Å². The maximum Gasteiger partial charge on any atom is 0.309 e. The smallest absolute Gasteiger partial charge is 0.309 e. The van der Waals surface area contributed by atoms with Crippen molar-refractivity contribution in [3.8, 4) is 0 Å². The van der Waals surface area contributed by atoms with E-state index in [-0.39, 0.29) is 0 Å². The third-order valence-corrected chi connectivity index (χ3v) is 2.91. The Morgan fingerprint density at radius 1 is 1.36 bits per heavy atom. The molecule has 0 bridgehead atoms. The molecule has 0 saturated heterocycles. The molecule has 0 heterocycles. The van der Waals surface area contributed by atoms with Crippen molar-refractivity contribution >= 4 is 5.97 Å². The van der Waals surface area contributed by atoms with Crippen molar-refractivity contribution in [1.29, 1.82) is 0 Å². The molecule has 0 aromatic carbocycles. The van der Waals surface area contributed by atoms with Crippen LogP contribution < -0.4 is 0 Å². The van der Waals surface area contributed by atoms with E-state index < -0.39 is 23.7 Å². The minimum atomic E-state index is -2.88. The van der Waals surface area contributed by atoms with Crippen LogP contribution in [-0.4, -0.2) is 17.0 Å². The standard InChI is InChI=1S/C10H16F2O2/c1-9(11,12)7-10(8(13)14)5-3-2-4-6-10/h2-7H2,1H3,(H,13,14). The van der Waals surface area contributed by atoms with E-state index >= 15 is 0 Å². The van der Waals surface area contributed by atoms with Gasteiger partial charge >= 0.3 is 5.97 Å². The predicted octanol–water partition coefficient (Wildman–Crippen LogP) is 3.07. The highest BCUT2D eigenvalue weighted by Gasteiger charge is 2.45. The first-order chi connectivity index (χ1) is 6.36. The molecule has 1 rings (SSSR count). The average molecular weight is 206 g/mol. The summed E-state index contributed by atoms with van der Waals surface area (Å²) in [4.78, 5) is 11.0. The van der Waals surface area contributed by atoms with Crippen molar-refractivity contribution in [3.63, 3.8) is 0 Å². The highest BCUT2D eigenvalue weighted by Crippen LogP contribution is 2.44. The van der Waals surface area contributed by atoms with Crippen LogP contribution in [0.1, 0.15) is 45.4 Å². The average Bonchev–Trinajstić information content (AvgIpc) is 2.02. The van der Waals surface area contributed by atoms with E-state index in [1.807, 2.05) is 0 Å². The van der Waals surface area contributed by atoms with Crippen LogP contribution in [0.5, 0.6) is 0 Å². The lowest BCUT2D eigenvalue weighted by Gasteiger charge is -2.34.